The minimum Gasteiger partial charge on any atom is -0.469 e. The maximum atomic E-state index is 11.0. The lowest BCUT2D eigenvalue weighted by Gasteiger charge is -2.00. The third kappa shape index (κ3) is 2.69. The molecule has 3 nitrogen and oxygen atoms in total. The summed E-state index contributed by atoms with van der Waals surface area (Å²) < 4.78 is 4.57. The number of esters is 1. The van der Waals surface area contributed by atoms with Crippen LogP contribution in [0.25, 0.3) is 16.8 Å². The van der Waals surface area contributed by atoms with E-state index < -0.39 is 0 Å². The van der Waals surface area contributed by atoms with Gasteiger partial charge in [0.15, 0.2) is 0 Å². The maximum absolute atomic E-state index is 11.0. The van der Waals surface area contributed by atoms with E-state index in [0.29, 0.717) is 0 Å². The molecule has 1 aromatic heterocycles. The highest BCUT2D eigenvalue weighted by molar-refractivity contribution is 5.89. The predicted molar refractivity (Wildman–Crippen MR) is 67.4 cm³/mol. The number of hydrogen-bond donors (Lipinski definition) is 0. The molecule has 0 saturated carbocycles. The van der Waals surface area contributed by atoms with Crippen LogP contribution in [0.4, 0.5) is 0 Å². The van der Waals surface area contributed by atoms with Crippen molar-refractivity contribution in [2.24, 2.45) is 0 Å². The first-order valence-electron chi connectivity index (χ1n) is 5.37. The van der Waals surface area contributed by atoms with Gasteiger partial charge in [0.2, 0.25) is 0 Å². The summed E-state index contributed by atoms with van der Waals surface area (Å²) in [5, 5.41) is 2.22. The van der Waals surface area contributed by atoms with Gasteiger partial charge in [-0.05, 0) is 5.39 Å². The minimum absolute atomic E-state index is 0.241. The lowest BCUT2D eigenvalue weighted by Crippen LogP contribution is -1.96. The van der Waals surface area contributed by atoms with E-state index in [1.165, 1.54) is 7.11 Å². The van der Waals surface area contributed by atoms with Crippen molar-refractivity contribution in [1.82, 2.24) is 4.98 Å². The van der Waals surface area contributed by atoms with Crippen LogP contribution in [0.15, 0.2) is 42.7 Å². The zero-order chi connectivity index (χ0) is 12.1. The monoisotopic (exact) mass is 227 g/mol. The van der Waals surface area contributed by atoms with Crippen molar-refractivity contribution in [2.75, 3.05) is 7.11 Å². The third-order valence-corrected chi connectivity index (χ3v) is 2.51. The number of rotatable bonds is 3. The molecule has 1 aromatic carbocycles. The van der Waals surface area contributed by atoms with Gasteiger partial charge >= 0.3 is 5.97 Å². The van der Waals surface area contributed by atoms with E-state index in [1.807, 2.05) is 36.5 Å². The van der Waals surface area contributed by atoms with Crippen molar-refractivity contribution in [2.45, 2.75) is 6.42 Å². The molecule has 2 rings (SSSR count). The van der Waals surface area contributed by atoms with Gasteiger partial charge in [-0.25, -0.2) is 0 Å². The summed E-state index contributed by atoms with van der Waals surface area (Å²) >= 11 is 0. The lowest BCUT2D eigenvalue weighted by molar-refractivity contribution is -0.139. The molecule has 86 valence electrons. The van der Waals surface area contributed by atoms with Crippen molar-refractivity contribution >= 4 is 22.8 Å². The zero-order valence-electron chi connectivity index (χ0n) is 9.59. The molecular weight excluding hydrogens is 214 g/mol. The van der Waals surface area contributed by atoms with Crippen LogP contribution in [0.1, 0.15) is 12.0 Å². The Morgan fingerprint density at radius 3 is 3.00 bits per heavy atom. The van der Waals surface area contributed by atoms with Crippen LogP contribution in [-0.4, -0.2) is 18.1 Å². The molecule has 0 spiro atoms. The molecule has 0 radical (unpaired) electrons. The number of methoxy groups -OCH3 is 1. The van der Waals surface area contributed by atoms with Gasteiger partial charge in [0.25, 0.3) is 0 Å². The average molecular weight is 227 g/mol. The number of pyridine rings is 1. The molecule has 0 bridgehead atoms. The highest BCUT2D eigenvalue weighted by Crippen LogP contribution is 2.18. The standard InChI is InChI=1S/C14H13NO2/c1-17-14(16)8-4-6-12-10-15-9-11-5-2-3-7-13(11)12/h2-7,9-10H,8H2,1H3. The fourth-order valence-corrected chi connectivity index (χ4v) is 1.64. The Morgan fingerprint density at radius 2 is 2.18 bits per heavy atom. The van der Waals surface area contributed by atoms with Gasteiger partial charge in [-0.1, -0.05) is 36.4 Å². The number of carbonyl (C=O) groups excluding carboxylic acids is 1. The summed E-state index contributed by atoms with van der Waals surface area (Å²) in [6.07, 6.45) is 7.57. The third-order valence-electron chi connectivity index (χ3n) is 2.51. The molecule has 0 aliphatic heterocycles. The summed E-state index contributed by atoms with van der Waals surface area (Å²) in [4.78, 5) is 15.1. The molecule has 0 aliphatic rings. The number of ether oxygens (including phenoxy) is 1. The second-order valence-corrected chi connectivity index (χ2v) is 3.63. The van der Waals surface area contributed by atoms with Gasteiger partial charge in [0.05, 0.1) is 13.5 Å². The summed E-state index contributed by atoms with van der Waals surface area (Å²) in [7, 11) is 1.38. The van der Waals surface area contributed by atoms with Gasteiger partial charge in [-0.15, -0.1) is 0 Å². The number of fused-ring (bicyclic) bond motifs is 1. The van der Waals surface area contributed by atoms with Crippen LogP contribution in [0, 0.1) is 0 Å². The van der Waals surface area contributed by atoms with Crippen LogP contribution in [0.5, 0.6) is 0 Å². The molecule has 1 heterocycles. The van der Waals surface area contributed by atoms with Crippen molar-refractivity contribution in [1.29, 1.82) is 0 Å². The fraction of sp³-hybridized carbons (Fsp3) is 0.143. The molecule has 2 aromatic rings. The van der Waals surface area contributed by atoms with Gasteiger partial charge in [0, 0.05) is 23.3 Å². The average Bonchev–Trinajstić information content (AvgIpc) is 2.39. The highest BCUT2D eigenvalue weighted by Gasteiger charge is 1.98. The largest absolute Gasteiger partial charge is 0.469 e. The van der Waals surface area contributed by atoms with Crippen molar-refractivity contribution in [3.63, 3.8) is 0 Å². The highest BCUT2D eigenvalue weighted by atomic mass is 16.5. The molecule has 0 N–H and O–H groups in total. The Morgan fingerprint density at radius 1 is 1.35 bits per heavy atom. The van der Waals surface area contributed by atoms with Gasteiger partial charge in [-0.2, -0.15) is 0 Å². The Hall–Kier alpha value is -2.16. The lowest BCUT2D eigenvalue weighted by atomic mass is 10.1. The Kier molecular flexibility index (Phi) is 3.50. The maximum Gasteiger partial charge on any atom is 0.309 e. The fourth-order valence-electron chi connectivity index (χ4n) is 1.64. The molecule has 0 aliphatic carbocycles. The second-order valence-electron chi connectivity index (χ2n) is 3.63. The molecule has 0 atom stereocenters. The number of benzene rings is 1. The van der Waals surface area contributed by atoms with E-state index in [2.05, 4.69) is 9.72 Å². The first-order chi connectivity index (χ1) is 8.31. The predicted octanol–water partition coefficient (Wildman–Crippen LogP) is 2.81. The Bertz CT molecular complexity index is 556. The van der Waals surface area contributed by atoms with E-state index in [9.17, 15) is 4.79 Å². The van der Waals surface area contributed by atoms with E-state index in [-0.39, 0.29) is 12.4 Å². The minimum atomic E-state index is -0.241. The number of aromatic nitrogens is 1. The number of nitrogens with zero attached hydrogens (tertiary/aromatic N) is 1. The van der Waals surface area contributed by atoms with Crippen molar-refractivity contribution in [3.05, 3.63) is 48.3 Å². The smallest absolute Gasteiger partial charge is 0.309 e. The first kappa shape index (κ1) is 11.3. The van der Waals surface area contributed by atoms with Crippen LogP contribution in [0.2, 0.25) is 0 Å². The molecule has 0 saturated heterocycles. The summed E-state index contributed by atoms with van der Waals surface area (Å²) in [5.41, 5.74) is 1.01. The Labute approximate surface area is 99.7 Å². The zero-order valence-corrected chi connectivity index (χ0v) is 9.59. The van der Waals surface area contributed by atoms with Crippen LogP contribution in [-0.2, 0) is 9.53 Å². The number of carbonyl (C=O) groups is 1. The normalized spacial score (nSPS) is 10.9. The number of hydrogen-bond acceptors (Lipinski definition) is 3. The summed E-state index contributed by atoms with van der Waals surface area (Å²) in [6, 6.07) is 8.01. The van der Waals surface area contributed by atoms with Crippen molar-refractivity contribution in [3.8, 4) is 0 Å². The topological polar surface area (TPSA) is 39.2 Å². The van der Waals surface area contributed by atoms with Crippen molar-refractivity contribution < 1.29 is 9.53 Å². The molecule has 0 amide bonds. The van der Waals surface area contributed by atoms with E-state index in [4.69, 9.17) is 0 Å². The van der Waals surface area contributed by atoms with Gasteiger partial charge in [-0.3, -0.25) is 9.78 Å². The molecular formula is C14H13NO2. The summed E-state index contributed by atoms with van der Waals surface area (Å²) in [5.74, 6) is -0.241. The van der Waals surface area contributed by atoms with Crippen LogP contribution in [0.3, 0.4) is 0 Å². The quantitative estimate of drug-likeness (QED) is 0.757. The first-order valence-corrected chi connectivity index (χ1v) is 5.37. The second kappa shape index (κ2) is 5.25. The van der Waals surface area contributed by atoms with Crippen LogP contribution >= 0.6 is 0 Å². The van der Waals surface area contributed by atoms with Gasteiger partial charge < -0.3 is 4.74 Å². The van der Waals surface area contributed by atoms with E-state index in [1.54, 1.807) is 12.3 Å². The van der Waals surface area contributed by atoms with E-state index in [0.717, 1.165) is 16.3 Å². The SMILES string of the molecule is COC(=O)CC=Cc1cncc2ccccc12. The van der Waals surface area contributed by atoms with E-state index >= 15 is 0 Å². The molecule has 0 fully saturated rings. The molecule has 3 heteroatoms. The molecule has 17 heavy (non-hydrogen) atoms. The summed E-state index contributed by atoms with van der Waals surface area (Å²) in [6.45, 7) is 0. The van der Waals surface area contributed by atoms with Gasteiger partial charge in [0.1, 0.15) is 0 Å². The Balaban J connectivity index is 2.27. The van der Waals surface area contributed by atoms with Crippen LogP contribution < -0.4 is 0 Å². The molecule has 0 unspecified atom stereocenters.